The second kappa shape index (κ2) is 3.83. The average Bonchev–Trinajstić information content (AvgIpc) is 2.60. The van der Waals surface area contributed by atoms with Gasteiger partial charge in [0.2, 0.25) is 0 Å². The highest BCUT2D eigenvalue weighted by molar-refractivity contribution is 5.81. The van der Waals surface area contributed by atoms with Crippen LogP contribution in [0.2, 0.25) is 0 Å². The van der Waals surface area contributed by atoms with E-state index in [0.29, 0.717) is 17.4 Å². The van der Waals surface area contributed by atoms with Crippen molar-refractivity contribution in [3.05, 3.63) is 35.6 Å². The van der Waals surface area contributed by atoms with Crippen molar-refractivity contribution in [2.75, 3.05) is 6.61 Å². The topological polar surface area (TPSA) is 33.4 Å². The zero-order valence-electron chi connectivity index (χ0n) is 8.21. The lowest BCUT2D eigenvalue weighted by Crippen LogP contribution is -2.03. The Bertz CT molecular complexity index is 499. The number of hydrogen-bond acceptors (Lipinski definition) is 2. The Morgan fingerprint density at radius 3 is 2.62 bits per heavy atom. The molecular weight excluding hydrogens is 221 g/mol. The summed E-state index contributed by atoms with van der Waals surface area (Å²) in [7, 11) is 0. The molecular formula is C11H9F3O2. The molecule has 0 fully saturated rings. The number of benzene rings is 1. The quantitative estimate of drug-likeness (QED) is 0.860. The highest BCUT2D eigenvalue weighted by Gasteiger charge is 2.30. The summed E-state index contributed by atoms with van der Waals surface area (Å²) < 4.78 is 42.2. The molecule has 2 aromatic rings. The van der Waals surface area contributed by atoms with Gasteiger partial charge in [0, 0.05) is 17.6 Å². The van der Waals surface area contributed by atoms with Crippen molar-refractivity contribution in [3.8, 4) is 0 Å². The number of rotatable bonds is 2. The van der Waals surface area contributed by atoms with Crippen molar-refractivity contribution in [2.24, 2.45) is 0 Å². The van der Waals surface area contributed by atoms with E-state index in [1.165, 1.54) is 12.3 Å². The Morgan fingerprint density at radius 1 is 1.25 bits per heavy atom. The third-order valence-corrected chi connectivity index (χ3v) is 2.36. The standard InChI is InChI=1S/C11H9F3O2/c12-11(13,14)8-1-2-9-7(3-4-15)6-16-10(9)5-8/h1-2,5-6,15H,3-4H2. The van der Waals surface area contributed by atoms with Crippen LogP contribution in [-0.4, -0.2) is 11.7 Å². The zero-order valence-corrected chi connectivity index (χ0v) is 8.21. The Balaban J connectivity index is 2.49. The van der Waals surface area contributed by atoms with E-state index < -0.39 is 11.7 Å². The van der Waals surface area contributed by atoms with Crippen molar-refractivity contribution in [1.29, 1.82) is 0 Å². The minimum Gasteiger partial charge on any atom is -0.464 e. The van der Waals surface area contributed by atoms with Crippen LogP contribution in [0, 0.1) is 0 Å². The second-order valence-corrected chi connectivity index (χ2v) is 3.44. The van der Waals surface area contributed by atoms with Gasteiger partial charge in [-0.25, -0.2) is 0 Å². The summed E-state index contributed by atoms with van der Waals surface area (Å²) in [6, 6.07) is 3.35. The predicted molar refractivity (Wildman–Crippen MR) is 52.0 cm³/mol. The van der Waals surface area contributed by atoms with Crippen LogP contribution in [0.15, 0.2) is 28.9 Å². The number of alkyl halides is 3. The SMILES string of the molecule is OCCc1coc2cc(C(F)(F)F)ccc12. The molecule has 0 aliphatic heterocycles. The molecule has 1 heterocycles. The molecule has 0 aliphatic rings. The summed E-state index contributed by atoms with van der Waals surface area (Å²) in [6.45, 7) is -0.0599. The van der Waals surface area contributed by atoms with Crippen LogP contribution in [0.25, 0.3) is 11.0 Å². The molecule has 2 rings (SSSR count). The van der Waals surface area contributed by atoms with Gasteiger partial charge in [0.25, 0.3) is 0 Å². The van der Waals surface area contributed by atoms with E-state index in [9.17, 15) is 13.2 Å². The molecule has 0 saturated heterocycles. The summed E-state index contributed by atoms with van der Waals surface area (Å²) in [6.07, 6.45) is -2.61. The van der Waals surface area contributed by atoms with E-state index in [2.05, 4.69) is 0 Å². The molecule has 1 aromatic heterocycles. The highest BCUT2D eigenvalue weighted by Crippen LogP contribution is 2.32. The van der Waals surface area contributed by atoms with Gasteiger partial charge in [-0.1, -0.05) is 6.07 Å². The molecule has 0 bridgehead atoms. The third-order valence-electron chi connectivity index (χ3n) is 2.36. The van der Waals surface area contributed by atoms with Crippen molar-refractivity contribution in [3.63, 3.8) is 0 Å². The summed E-state index contributed by atoms with van der Waals surface area (Å²) >= 11 is 0. The van der Waals surface area contributed by atoms with Crippen molar-refractivity contribution in [2.45, 2.75) is 12.6 Å². The molecule has 1 N–H and O–H groups in total. The van der Waals surface area contributed by atoms with E-state index in [1.54, 1.807) is 0 Å². The molecule has 0 amide bonds. The number of halogens is 3. The third kappa shape index (κ3) is 1.90. The van der Waals surface area contributed by atoms with Gasteiger partial charge in [-0.05, 0) is 18.6 Å². The maximum absolute atomic E-state index is 12.4. The first kappa shape index (κ1) is 11.0. The van der Waals surface area contributed by atoms with Crippen LogP contribution < -0.4 is 0 Å². The zero-order chi connectivity index (χ0) is 11.8. The Hall–Kier alpha value is -1.49. The van der Waals surface area contributed by atoms with Gasteiger partial charge < -0.3 is 9.52 Å². The summed E-state index contributed by atoms with van der Waals surface area (Å²) in [5.74, 6) is 0. The van der Waals surface area contributed by atoms with E-state index in [1.807, 2.05) is 0 Å². The lowest BCUT2D eigenvalue weighted by atomic mass is 10.1. The molecule has 0 saturated carbocycles. The molecule has 0 unspecified atom stereocenters. The van der Waals surface area contributed by atoms with Gasteiger partial charge in [0.15, 0.2) is 0 Å². The monoisotopic (exact) mass is 230 g/mol. The maximum Gasteiger partial charge on any atom is 0.416 e. The van der Waals surface area contributed by atoms with Crippen LogP contribution in [0.1, 0.15) is 11.1 Å². The summed E-state index contributed by atoms with van der Waals surface area (Å²) in [4.78, 5) is 0. The number of hydrogen-bond donors (Lipinski definition) is 1. The van der Waals surface area contributed by atoms with Crippen molar-refractivity contribution < 1.29 is 22.7 Å². The first-order chi connectivity index (χ1) is 7.52. The average molecular weight is 230 g/mol. The Morgan fingerprint density at radius 2 is 2.00 bits per heavy atom. The summed E-state index contributed by atoms with van der Waals surface area (Å²) in [5, 5.41) is 9.37. The van der Waals surface area contributed by atoms with Gasteiger partial charge >= 0.3 is 6.18 Å². The maximum atomic E-state index is 12.4. The van der Waals surface area contributed by atoms with Gasteiger partial charge in [0.1, 0.15) is 5.58 Å². The number of aliphatic hydroxyl groups is 1. The van der Waals surface area contributed by atoms with Gasteiger partial charge in [-0.3, -0.25) is 0 Å². The van der Waals surface area contributed by atoms with Gasteiger partial charge in [-0.2, -0.15) is 13.2 Å². The number of furan rings is 1. The van der Waals surface area contributed by atoms with Crippen LogP contribution in [0.5, 0.6) is 0 Å². The highest BCUT2D eigenvalue weighted by atomic mass is 19.4. The molecule has 0 spiro atoms. The van der Waals surface area contributed by atoms with Crippen LogP contribution in [0.3, 0.4) is 0 Å². The van der Waals surface area contributed by atoms with Gasteiger partial charge in [-0.15, -0.1) is 0 Å². The normalized spacial score (nSPS) is 12.2. The second-order valence-electron chi connectivity index (χ2n) is 3.44. The molecule has 86 valence electrons. The molecule has 0 atom stereocenters. The molecule has 16 heavy (non-hydrogen) atoms. The molecule has 5 heteroatoms. The van der Waals surface area contributed by atoms with E-state index >= 15 is 0 Å². The molecule has 2 nitrogen and oxygen atoms in total. The number of aliphatic hydroxyl groups excluding tert-OH is 1. The van der Waals surface area contributed by atoms with Crippen molar-refractivity contribution in [1.82, 2.24) is 0 Å². The summed E-state index contributed by atoms with van der Waals surface area (Å²) in [5.41, 5.74) is 0.175. The Labute approximate surface area is 89.3 Å². The van der Waals surface area contributed by atoms with Crippen molar-refractivity contribution >= 4 is 11.0 Å². The fraction of sp³-hybridized carbons (Fsp3) is 0.273. The minimum atomic E-state index is -4.36. The fourth-order valence-corrected chi connectivity index (χ4v) is 1.57. The minimum absolute atomic E-state index is 0.0599. The molecule has 1 aromatic carbocycles. The largest absolute Gasteiger partial charge is 0.464 e. The fourth-order valence-electron chi connectivity index (χ4n) is 1.57. The first-order valence-corrected chi connectivity index (χ1v) is 4.70. The van der Waals surface area contributed by atoms with Gasteiger partial charge in [0.05, 0.1) is 11.8 Å². The van der Waals surface area contributed by atoms with E-state index in [4.69, 9.17) is 9.52 Å². The first-order valence-electron chi connectivity index (χ1n) is 4.70. The predicted octanol–water partition coefficient (Wildman–Crippen LogP) is 2.99. The molecule has 0 radical (unpaired) electrons. The van der Waals surface area contributed by atoms with E-state index in [0.717, 1.165) is 12.1 Å². The van der Waals surface area contributed by atoms with E-state index in [-0.39, 0.29) is 12.2 Å². The smallest absolute Gasteiger partial charge is 0.416 e. The number of fused-ring (bicyclic) bond motifs is 1. The Kier molecular flexibility index (Phi) is 2.63. The lowest BCUT2D eigenvalue weighted by Gasteiger charge is -2.05. The van der Waals surface area contributed by atoms with Crippen LogP contribution >= 0.6 is 0 Å². The lowest BCUT2D eigenvalue weighted by molar-refractivity contribution is -0.137. The molecule has 0 aliphatic carbocycles. The van der Waals surface area contributed by atoms with Crippen LogP contribution in [0.4, 0.5) is 13.2 Å². The van der Waals surface area contributed by atoms with Crippen LogP contribution in [-0.2, 0) is 12.6 Å².